The van der Waals surface area contributed by atoms with E-state index in [4.69, 9.17) is 4.99 Å². The number of fused-ring (bicyclic) bond motifs is 1. The van der Waals surface area contributed by atoms with Crippen molar-refractivity contribution < 1.29 is 4.79 Å². The zero-order valence-corrected chi connectivity index (χ0v) is 20.5. The molecule has 5 heteroatoms. The summed E-state index contributed by atoms with van der Waals surface area (Å²) in [5.41, 5.74) is 3.99. The molecular weight excluding hydrogens is 468 g/mol. The van der Waals surface area contributed by atoms with Gasteiger partial charge in [0.25, 0.3) is 5.91 Å². The highest BCUT2D eigenvalue weighted by Gasteiger charge is 2.33. The second kappa shape index (κ2) is 9.09. The van der Waals surface area contributed by atoms with Gasteiger partial charge in [0.05, 0.1) is 5.56 Å². The van der Waals surface area contributed by atoms with Crippen molar-refractivity contribution in [2.45, 2.75) is 40.0 Å². The molecule has 1 aliphatic carbocycles. The van der Waals surface area contributed by atoms with Gasteiger partial charge in [0.1, 0.15) is 5.00 Å². The van der Waals surface area contributed by atoms with Gasteiger partial charge in [-0.25, -0.2) is 4.99 Å². The molecule has 1 amide bonds. The molecule has 160 valence electrons. The van der Waals surface area contributed by atoms with E-state index < -0.39 is 0 Å². The largest absolute Gasteiger partial charge is 0.322 e. The molecule has 1 atom stereocenters. The fourth-order valence-electron chi connectivity index (χ4n) is 4.03. The maximum atomic E-state index is 13.4. The van der Waals surface area contributed by atoms with E-state index in [1.165, 1.54) is 10.4 Å². The summed E-state index contributed by atoms with van der Waals surface area (Å²) >= 11 is 5.12. The number of carbonyl (C=O) groups excluding carboxylic acids is 1. The topological polar surface area (TPSA) is 41.5 Å². The number of nitrogens with one attached hydrogen (secondary N) is 1. The van der Waals surface area contributed by atoms with Crippen LogP contribution in [0.5, 0.6) is 0 Å². The third kappa shape index (κ3) is 5.16. The lowest BCUT2D eigenvalue weighted by Gasteiger charge is -2.33. The van der Waals surface area contributed by atoms with E-state index >= 15 is 0 Å². The average molecular weight is 495 g/mol. The van der Waals surface area contributed by atoms with Gasteiger partial charge in [0.15, 0.2) is 0 Å². The number of halogens is 1. The van der Waals surface area contributed by atoms with Crippen LogP contribution in [0.4, 0.5) is 10.7 Å². The Hall–Kier alpha value is -2.24. The van der Waals surface area contributed by atoms with E-state index in [-0.39, 0.29) is 11.3 Å². The number of anilines is 1. The maximum absolute atomic E-state index is 13.4. The van der Waals surface area contributed by atoms with E-state index in [1.807, 2.05) is 60.8 Å². The predicted molar refractivity (Wildman–Crippen MR) is 135 cm³/mol. The summed E-state index contributed by atoms with van der Waals surface area (Å²) in [7, 11) is 0. The Morgan fingerprint density at radius 2 is 1.84 bits per heavy atom. The van der Waals surface area contributed by atoms with Crippen LogP contribution in [0.1, 0.15) is 53.6 Å². The number of rotatable bonds is 4. The summed E-state index contributed by atoms with van der Waals surface area (Å²) in [5.74, 6) is 0.543. The van der Waals surface area contributed by atoms with Crippen molar-refractivity contribution in [3.63, 3.8) is 0 Å². The Kier molecular flexibility index (Phi) is 6.44. The van der Waals surface area contributed by atoms with E-state index in [9.17, 15) is 4.79 Å². The second-order valence-corrected chi connectivity index (χ2v) is 11.1. The molecule has 3 aromatic rings. The quantitative estimate of drug-likeness (QED) is 0.371. The number of amides is 1. The smallest absolute Gasteiger partial charge is 0.259 e. The van der Waals surface area contributed by atoms with Crippen LogP contribution in [-0.4, -0.2) is 12.1 Å². The minimum absolute atomic E-state index is 0.0748. The molecule has 0 fully saturated rings. The van der Waals surface area contributed by atoms with Gasteiger partial charge in [-0.05, 0) is 66.0 Å². The molecule has 1 aliphatic rings. The van der Waals surface area contributed by atoms with Gasteiger partial charge < -0.3 is 5.32 Å². The van der Waals surface area contributed by atoms with Gasteiger partial charge >= 0.3 is 0 Å². The highest BCUT2D eigenvalue weighted by atomic mass is 79.9. The minimum atomic E-state index is -0.0748. The van der Waals surface area contributed by atoms with Gasteiger partial charge in [0, 0.05) is 21.3 Å². The highest BCUT2D eigenvalue weighted by Crippen LogP contribution is 2.45. The van der Waals surface area contributed by atoms with Crippen molar-refractivity contribution in [3.8, 4) is 0 Å². The molecular formula is C26H27BrN2OS. The molecule has 3 nitrogen and oxygen atoms in total. The lowest BCUT2D eigenvalue weighted by atomic mass is 9.72. The predicted octanol–water partition coefficient (Wildman–Crippen LogP) is 7.66. The van der Waals surface area contributed by atoms with Gasteiger partial charge in [-0.1, -0.05) is 67.0 Å². The van der Waals surface area contributed by atoms with Crippen molar-refractivity contribution in [1.29, 1.82) is 0 Å². The van der Waals surface area contributed by atoms with Crippen molar-refractivity contribution >= 4 is 50.1 Å². The van der Waals surface area contributed by atoms with Crippen LogP contribution in [0, 0.1) is 11.3 Å². The Morgan fingerprint density at radius 1 is 1.13 bits per heavy atom. The van der Waals surface area contributed by atoms with Crippen molar-refractivity contribution in [2.75, 3.05) is 5.32 Å². The zero-order valence-electron chi connectivity index (χ0n) is 18.1. The highest BCUT2D eigenvalue weighted by molar-refractivity contribution is 9.10. The fourth-order valence-corrected chi connectivity index (χ4v) is 5.57. The molecule has 1 heterocycles. The number of benzene rings is 2. The number of nitrogens with zero attached hydrogens (tertiary/aromatic N) is 1. The number of thiophene rings is 1. The zero-order chi connectivity index (χ0) is 22.0. The number of hydrogen-bond acceptors (Lipinski definition) is 3. The first-order chi connectivity index (χ1) is 14.8. The normalized spacial score (nSPS) is 16.3. The standard InChI is InChI=1S/C26H27BrN2OS/c1-26(2,3)18-9-14-21-22(15-18)31-25(28-16-17-7-5-4-6-8-17)23(21)24(30)29-20-12-10-19(27)11-13-20/h4-8,10-13,16,18H,9,14-15H2,1-3H3,(H,29,30). The third-order valence-electron chi connectivity index (χ3n) is 5.93. The first-order valence-electron chi connectivity index (χ1n) is 10.6. The molecule has 0 radical (unpaired) electrons. The summed E-state index contributed by atoms with van der Waals surface area (Å²) < 4.78 is 0.986. The van der Waals surface area contributed by atoms with Crippen LogP contribution in [0.2, 0.25) is 0 Å². The SMILES string of the molecule is CC(C)(C)C1CCc2c(sc(N=Cc3ccccc3)c2C(=O)Nc2ccc(Br)cc2)C1. The molecule has 0 saturated carbocycles. The third-order valence-corrected chi connectivity index (χ3v) is 7.62. The number of carbonyl (C=O) groups is 1. The Morgan fingerprint density at radius 3 is 2.52 bits per heavy atom. The molecule has 0 spiro atoms. The molecule has 0 saturated heterocycles. The van der Waals surface area contributed by atoms with E-state index in [0.717, 1.165) is 45.6 Å². The summed E-state index contributed by atoms with van der Waals surface area (Å²) in [6.07, 6.45) is 4.91. The number of aliphatic imine (C=N–C) groups is 1. The van der Waals surface area contributed by atoms with Crippen LogP contribution in [0.3, 0.4) is 0 Å². The molecule has 0 aliphatic heterocycles. The fraction of sp³-hybridized carbons (Fsp3) is 0.308. The lowest BCUT2D eigenvalue weighted by molar-refractivity contribution is 0.102. The molecule has 2 aromatic carbocycles. The molecule has 31 heavy (non-hydrogen) atoms. The van der Waals surface area contributed by atoms with Crippen LogP contribution in [0.25, 0.3) is 0 Å². The van der Waals surface area contributed by atoms with Crippen LogP contribution >= 0.6 is 27.3 Å². The maximum Gasteiger partial charge on any atom is 0.259 e. The van der Waals surface area contributed by atoms with E-state index in [0.29, 0.717) is 5.92 Å². The summed E-state index contributed by atoms with van der Waals surface area (Å²) in [4.78, 5) is 19.4. The van der Waals surface area contributed by atoms with Gasteiger partial charge in [0.2, 0.25) is 0 Å². The lowest BCUT2D eigenvalue weighted by Crippen LogP contribution is -2.27. The molecule has 1 aromatic heterocycles. The van der Waals surface area contributed by atoms with Crippen LogP contribution < -0.4 is 5.32 Å². The van der Waals surface area contributed by atoms with Crippen molar-refractivity contribution in [1.82, 2.24) is 0 Å². The Balaban J connectivity index is 1.69. The number of hydrogen-bond donors (Lipinski definition) is 1. The minimum Gasteiger partial charge on any atom is -0.322 e. The monoisotopic (exact) mass is 494 g/mol. The molecule has 4 rings (SSSR count). The van der Waals surface area contributed by atoms with E-state index in [2.05, 4.69) is 42.0 Å². The van der Waals surface area contributed by atoms with Gasteiger partial charge in [-0.2, -0.15) is 0 Å². The molecule has 1 unspecified atom stereocenters. The second-order valence-electron chi connectivity index (χ2n) is 9.12. The van der Waals surface area contributed by atoms with Crippen molar-refractivity contribution in [3.05, 3.63) is 80.6 Å². The Bertz CT molecular complexity index is 1090. The van der Waals surface area contributed by atoms with Crippen LogP contribution in [-0.2, 0) is 12.8 Å². The summed E-state index contributed by atoms with van der Waals surface area (Å²) in [5, 5.41) is 3.88. The van der Waals surface area contributed by atoms with E-state index in [1.54, 1.807) is 11.3 Å². The van der Waals surface area contributed by atoms with Crippen LogP contribution in [0.15, 0.2) is 64.1 Å². The summed E-state index contributed by atoms with van der Waals surface area (Å²) in [6, 6.07) is 17.7. The molecule has 1 N–H and O–H groups in total. The Labute approximate surface area is 196 Å². The first kappa shape index (κ1) is 22.0. The van der Waals surface area contributed by atoms with Gasteiger partial charge in [-0.3, -0.25) is 4.79 Å². The molecule has 0 bridgehead atoms. The van der Waals surface area contributed by atoms with Crippen molar-refractivity contribution in [2.24, 2.45) is 16.3 Å². The summed E-state index contributed by atoms with van der Waals surface area (Å²) in [6.45, 7) is 6.93. The average Bonchev–Trinajstić information content (AvgIpc) is 3.12. The first-order valence-corrected chi connectivity index (χ1v) is 12.2. The van der Waals surface area contributed by atoms with Gasteiger partial charge in [-0.15, -0.1) is 11.3 Å².